The van der Waals surface area contributed by atoms with Crippen LogP contribution in [-0.4, -0.2) is 30.3 Å². The Morgan fingerprint density at radius 2 is 1.67 bits per heavy atom. The van der Waals surface area contributed by atoms with Crippen molar-refractivity contribution < 1.29 is 13.6 Å². The molecule has 0 saturated carbocycles. The summed E-state index contributed by atoms with van der Waals surface area (Å²) in [7, 11) is 0. The lowest BCUT2D eigenvalue weighted by atomic mass is 9.85. The van der Waals surface area contributed by atoms with Crippen LogP contribution in [0, 0.1) is 11.6 Å². The Kier molecular flexibility index (Phi) is 4.77. The molecule has 0 unspecified atom stereocenters. The van der Waals surface area contributed by atoms with Gasteiger partial charge in [0.25, 0.3) is 0 Å². The molecule has 1 aliphatic rings. The number of ketones is 1. The highest BCUT2D eigenvalue weighted by molar-refractivity contribution is 5.82. The SMILES string of the molecule is CC(C)(C)c1c(F)cc(CC(=O)CN2CCCC2)cc1F. The van der Waals surface area contributed by atoms with E-state index in [2.05, 4.69) is 4.90 Å². The lowest BCUT2D eigenvalue weighted by Gasteiger charge is -2.21. The number of halogens is 2. The Balaban J connectivity index is 2.09. The lowest BCUT2D eigenvalue weighted by molar-refractivity contribution is -0.119. The molecule has 0 amide bonds. The van der Waals surface area contributed by atoms with Gasteiger partial charge in [0.1, 0.15) is 11.6 Å². The first kappa shape index (κ1) is 16.1. The maximum absolute atomic E-state index is 14.1. The summed E-state index contributed by atoms with van der Waals surface area (Å²) >= 11 is 0. The predicted octanol–water partition coefficient (Wildman–Crippen LogP) is 3.47. The van der Waals surface area contributed by atoms with Gasteiger partial charge in [0.05, 0.1) is 6.54 Å². The van der Waals surface area contributed by atoms with E-state index in [0.29, 0.717) is 12.1 Å². The number of carbonyl (C=O) groups is 1. The van der Waals surface area contributed by atoms with Crippen LogP contribution in [-0.2, 0) is 16.6 Å². The second-order valence-corrected chi connectivity index (χ2v) is 6.88. The van der Waals surface area contributed by atoms with Crippen LogP contribution < -0.4 is 0 Å². The van der Waals surface area contributed by atoms with Crippen molar-refractivity contribution in [1.29, 1.82) is 0 Å². The Labute approximate surface area is 125 Å². The molecule has 1 heterocycles. The van der Waals surface area contributed by atoms with Gasteiger partial charge in [0, 0.05) is 12.0 Å². The first-order chi connectivity index (χ1) is 9.77. The van der Waals surface area contributed by atoms with Gasteiger partial charge in [-0.1, -0.05) is 20.8 Å². The van der Waals surface area contributed by atoms with Gasteiger partial charge < -0.3 is 0 Å². The zero-order valence-corrected chi connectivity index (χ0v) is 13.0. The number of rotatable bonds is 4. The third-order valence-electron chi connectivity index (χ3n) is 3.85. The molecule has 1 fully saturated rings. The van der Waals surface area contributed by atoms with Crippen LogP contribution in [0.4, 0.5) is 8.78 Å². The monoisotopic (exact) mass is 295 g/mol. The molecule has 0 bridgehead atoms. The standard InChI is InChI=1S/C17H23F2NO/c1-17(2,3)16-14(18)9-12(10-15(16)19)8-13(21)11-20-6-4-5-7-20/h9-10H,4-8,11H2,1-3H3. The van der Waals surface area contributed by atoms with E-state index < -0.39 is 17.0 Å². The van der Waals surface area contributed by atoms with Gasteiger partial charge in [0.2, 0.25) is 0 Å². The molecule has 0 aromatic heterocycles. The Morgan fingerprint density at radius 3 is 2.14 bits per heavy atom. The van der Waals surface area contributed by atoms with Crippen LogP contribution in [0.5, 0.6) is 0 Å². The highest BCUT2D eigenvalue weighted by Gasteiger charge is 2.24. The molecule has 4 heteroatoms. The Morgan fingerprint density at radius 1 is 1.14 bits per heavy atom. The number of hydrogen-bond acceptors (Lipinski definition) is 2. The van der Waals surface area contributed by atoms with Crippen molar-refractivity contribution in [1.82, 2.24) is 4.90 Å². The minimum Gasteiger partial charge on any atom is -0.298 e. The molecule has 0 spiro atoms. The van der Waals surface area contributed by atoms with E-state index in [1.54, 1.807) is 20.8 Å². The first-order valence-corrected chi connectivity index (χ1v) is 7.50. The second-order valence-electron chi connectivity index (χ2n) is 6.88. The Hall–Kier alpha value is -1.29. The van der Waals surface area contributed by atoms with Crippen molar-refractivity contribution in [3.8, 4) is 0 Å². The van der Waals surface area contributed by atoms with Crippen LogP contribution in [0.3, 0.4) is 0 Å². The average molecular weight is 295 g/mol. The molecule has 1 aromatic rings. The molecule has 2 rings (SSSR count). The first-order valence-electron chi connectivity index (χ1n) is 7.50. The molecule has 116 valence electrons. The summed E-state index contributed by atoms with van der Waals surface area (Å²) in [6, 6.07) is 2.59. The van der Waals surface area contributed by atoms with E-state index in [0.717, 1.165) is 25.9 Å². The van der Waals surface area contributed by atoms with Crippen molar-refractivity contribution in [3.63, 3.8) is 0 Å². The lowest BCUT2D eigenvalue weighted by Crippen LogP contribution is -2.28. The van der Waals surface area contributed by atoms with Crippen LogP contribution >= 0.6 is 0 Å². The average Bonchev–Trinajstić information content (AvgIpc) is 2.78. The number of hydrogen-bond donors (Lipinski definition) is 0. The van der Waals surface area contributed by atoms with Crippen LogP contribution in [0.25, 0.3) is 0 Å². The van der Waals surface area contributed by atoms with Crippen molar-refractivity contribution in [2.24, 2.45) is 0 Å². The van der Waals surface area contributed by atoms with Crippen LogP contribution in [0.15, 0.2) is 12.1 Å². The molecule has 2 nitrogen and oxygen atoms in total. The van der Waals surface area contributed by atoms with Gasteiger partial charge in [0.15, 0.2) is 5.78 Å². The third-order valence-corrected chi connectivity index (χ3v) is 3.85. The number of nitrogens with zero attached hydrogens (tertiary/aromatic N) is 1. The highest BCUT2D eigenvalue weighted by Crippen LogP contribution is 2.28. The molecular formula is C17H23F2NO. The van der Waals surface area contributed by atoms with E-state index in [4.69, 9.17) is 0 Å². The van der Waals surface area contributed by atoms with Crippen molar-refractivity contribution in [2.75, 3.05) is 19.6 Å². The zero-order valence-electron chi connectivity index (χ0n) is 13.0. The zero-order chi connectivity index (χ0) is 15.6. The normalized spacial score (nSPS) is 16.4. The second kappa shape index (κ2) is 6.22. The summed E-state index contributed by atoms with van der Waals surface area (Å²) in [6.07, 6.45) is 2.34. The summed E-state index contributed by atoms with van der Waals surface area (Å²) in [6.45, 7) is 7.57. The molecule has 1 saturated heterocycles. The van der Waals surface area contributed by atoms with Gasteiger partial charge in [-0.2, -0.15) is 0 Å². The molecular weight excluding hydrogens is 272 g/mol. The molecule has 0 aliphatic carbocycles. The van der Waals surface area contributed by atoms with Gasteiger partial charge in [-0.05, 0) is 49.0 Å². The minimum absolute atomic E-state index is 0.0132. The smallest absolute Gasteiger partial charge is 0.151 e. The summed E-state index contributed by atoms with van der Waals surface area (Å²) in [5, 5.41) is 0. The number of Topliss-reactive ketones (excluding diaryl/α,β-unsaturated/α-hetero) is 1. The molecule has 1 aliphatic heterocycles. The van der Waals surface area contributed by atoms with E-state index in [1.807, 2.05) is 0 Å². The number of carbonyl (C=O) groups excluding carboxylic acids is 1. The van der Waals surface area contributed by atoms with Gasteiger partial charge in [-0.25, -0.2) is 8.78 Å². The molecule has 0 atom stereocenters. The molecule has 0 radical (unpaired) electrons. The Bertz CT molecular complexity index is 505. The predicted molar refractivity (Wildman–Crippen MR) is 79.4 cm³/mol. The van der Waals surface area contributed by atoms with Gasteiger partial charge in [-0.3, -0.25) is 9.69 Å². The minimum atomic E-state index is -0.591. The molecule has 0 N–H and O–H groups in total. The van der Waals surface area contributed by atoms with Crippen molar-refractivity contribution in [2.45, 2.75) is 45.4 Å². The van der Waals surface area contributed by atoms with Gasteiger partial charge in [-0.15, -0.1) is 0 Å². The van der Waals surface area contributed by atoms with E-state index >= 15 is 0 Å². The fourth-order valence-electron chi connectivity index (χ4n) is 2.92. The van der Waals surface area contributed by atoms with Crippen molar-refractivity contribution >= 4 is 5.78 Å². The third kappa shape index (κ3) is 4.10. The van der Waals surface area contributed by atoms with Crippen LogP contribution in [0.2, 0.25) is 0 Å². The fourth-order valence-corrected chi connectivity index (χ4v) is 2.92. The maximum Gasteiger partial charge on any atom is 0.151 e. The topological polar surface area (TPSA) is 20.3 Å². The van der Waals surface area contributed by atoms with E-state index in [1.165, 1.54) is 12.1 Å². The number of benzene rings is 1. The number of likely N-dealkylation sites (tertiary alicyclic amines) is 1. The van der Waals surface area contributed by atoms with Crippen LogP contribution in [0.1, 0.15) is 44.7 Å². The largest absolute Gasteiger partial charge is 0.298 e. The molecule has 1 aromatic carbocycles. The maximum atomic E-state index is 14.1. The van der Waals surface area contributed by atoms with E-state index in [9.17, 15) is 13.6 Å². The van der Waals surface area contributed by atoms with Crippen molar-refractivity contribution in [3.05, 3.63) is 34.9 Å². The van der Waals surface area contributed by atoms with E-state index in [-0.39, 0.29) is 17.8 Å². The summed E-state index contributed by atoms with van der Waals surface area (Å²) in [5.41, 5.74) is -0.0906. The quantitative estimate of drug-likeness (QED) is 0.847. The van der Waals surface area contributed by atoms with Gasteiger partial charge >= 0.3 is 0 Å². The molecule has 21 heavy (non-hydrogen) atoms. The fraction of sp³-hybridized carbons (Fsp3) is 0.588. The summed E-state index contributed by atoms with van der Waals surface area (Å²) in [4.78, 5) is 14.1. The highest BCUT2D eigenvalue weighted by atomic mass is 19.1. The summed E-state index contributed by atoms with van der Waals surface area (Å²) in [5.74, 6) is -1.11. The summed E-state index contributed by atoms with van der Waals surface area (Å²) < 4.78 is 28.2.